The second kappa shape index (κ2) is 4.72. The van der Waals surface area contributed by atoms with Crippen molar-refractivity contribution in [3.8, 4) is 0 Å². The second-order valence-corrected chi connectivity index (χ2v) is 3.16. The molecule has 0 fully saturated rings. The van der Waals surface area contributed by atoms with Crippen molar-refractivity contribution < 1.29 is 9.90 Å². The molecule has 76 valence electrons. The topological polar surface area (TPSA) is 76.2 Å². The van der Waals surface area contributed by atoms with Crippen molar-refractivity contribution in [1.29, 1.82) is 0 Å². The van der Waals surface area contributed by atoms with Crippen molar-refractivity contribution >= 4 is 5.97 Å². The van der Waals surface area contributed by atoms with Crippen LogP contribution in [0.3, 0.4) is 0 Å². The van der Waals surface area contributed by atoms with Gasteiger partial charge in [-0.3, -0.25) is 9.78 Å². The van der Waals surface area contributed by atoms with Crippen LogP contribution in [0.5, 0.6) is 0 Å². The smallest absolute Gasteiger partial charge is 0.308 e. The number of hydrogen-bond acceptors (Lipinski definition) is 3. The summed E-state index contributed by atoms with van der Waals surface area (Å²) in [5.74, 6) is -1.38. The Kier molecular flexibility index (Phi) is 3.59. The number of carboxylic acid groups (broad SMARTS) is 1. The lowest BCUT2D eigenvalue weighted by Gasteiger charge is -2.18. The molecule has 2 unspecified atom stereocenters. The summed E-state index contributed by atoms with van der Waals surface area (Å²) in [4.78, 5) is 14.7. The van der Waals surface area contributed by atoms with Crippen LogP contribution in [0.1, 0.15) is 24.9 Å². The molecule has 1 rings (SSSR count). The van der Waals surface area contributed by atoms with Crippen LogP contribution in [-0.4, -0.2) is 16.1 Å². The molecule has 0 bridgehead atoms. The average molecular weight is 194 g/mol. The molecule has 0 aromatic carbocycles. The highest BCUT2D eigenvalue weighted by Gasteiger charge is 2.24. The largest absolute Gasteiger partial charge is 0.481 e. The molecule has 4 nitrogen and oxygen atoms in total. The Morgan fingerprint density at radius 2 is 2.14 bits per heavy atom. The summed E-state index contributed by atoms with van der Waals surface area (Å²) in [6.07, 6.45) is 3.76. The highest BCUT2D eigenvalue weighted by molar-refractivity contribution is 5.71. The molecular formula is C10H14N2O2. The fraction of sp³-hybridized carbons (Fsp3) is 0.400. The first-order valence-electron chi connectivity index (χ1n) is 4.55. The van der Waals surface area contributed by atoms with Gasteiger partial charge < -0.3 is 10.8 Å². The molecule has 0 spiro atoms. The van der Waals surface area contributed by atoms with Crippen LogP contribution in [0.25, 0.3) is 0 Å². The molecule has 0 saturated carbocycles. The third kappa shape index (κ3) is 2.29. The third-order valence-corrected chi connectivity index (χ3v) is 2.28. The van der Waals surface area contributed by atoms with Crippen molar-refractivity contribution in [2.24, 2.45) is 11.7 Å². The molecule has 0 saturated heterocycles. The standard InChI is InChI=1S/C10H14N2O2/c1-2-8(10(13)14)9(11)7-3-5-12-6-4-7/h3-6,8-9H,2,11H2,1H3,(H,13,14). The van der Waals surface area contributed by atoms with E-state index in [2.05, 4.69) is 4.98 Å². The molecule has 14 heavy (non-hydrogen) atoms. The summed E-state index contributed by atoms with van der Waals surface area (Å²) in [6.45, 7) is 1.82. The van der Waals surface area contributed by atoms with Crippen LogP contribution >= 0.6 is 0 Å². The van der Waals surface area contributed by atoms with E-state index in [1.54, 1.807) is 24.5 Å². The molecule has 1 aromatic heterocycles. The second-order valence-electron chi connectivity index (χ2n) is 3.16. The minimum Gasteiger partial charge on any atom is -0.481 e. The summed E-state index contributed by atoms with van der Waals surface area (Å²) in [7, 11) is 0. The van der Waals surface area contributed by atoms with Gasteiger partial charge in [-0.2, -0.15) is 0 Å². The number of hydrogen-bond donors (Lipinski definition) is 2. The Morgan fingerprint density at radius 3 is 2.57 bits per heavy atom. The van der Waals surface area contributed by atoms with Crippen molar-refractivity contribution in [3.05, 3.63) is 30.1 Å². The summed E-state index contributed by atoms with van der Waals surface area (Å²) < 4.78 is 0. The normalized spacial score (nSPS) is 14.7. The van der Waals surface area contributed by atoms with Crippen molar-refractivity contribution in [2.75, 3.05) is 0 Å². The van der Waals surface area contributed by atoms with Gasteiger partial charge in [0.05, 0.1) is 5.92 Å². The van der Waals surface area contributed by atoms with Crippen molar-refractivity contribution in [1.82, 2.24) is 4.98 Å². The van der Waals surface area contributed by atoms with Gasteiger partial charge >= 0.3 is 5.97 Å². The SMILES string of the molecule is CCC(C(=O)O)C(N)c1ccncc1. The number of aromatic nitrogens is 1. The molecule has 2 atom stereocenters. The first-order valence-corrected chi connectivity index (χ1v) is 4.55. The van der Waals surface area contributed by atoms with Crippen molar-refractivity contribution in [2.45, 2.75) is 19.4 Å². The lowest BCUT2D eigenvalue weighted by molar-refractivity contribution is -0.142. The maximum atomic E-state index is 10.8. The Balaban J connectivity index is 2.83. The molecule has 0 aliphatic carbocycles. The van der Waals surface area contributed by atoms with Crippen LogP contribution in [-0.2, 0) is 4.79 Å². The zero-order chi connectivity index (χ0) is 10.6. The molecule has 4 heteroatoms. The Morgan fingerprint density at radius 1 is 1.57 bits per heavy atom. The van der Waals surface area contributed by atoms with E-state index in [1.807, 2.05) is 6.92 Å². The van der Waals surface area contributed by atoms with Gasteiger partial charge in [-0.15, -0.1) is 0 Å². The zero-order valence-corrected chi connectivity index (χ0v) is 8.05. The number of carboxylic acids is 1. The fourth-order valence-corrected chi connectivity index (χ4v) is 1.40. The molecule has 1 heterocycles. The minimum atomic E-state index is -0.850. The predicted octanol–water partition coefficient (Wildman–Crippen LogP) is 1.19. The fourth-order valence-electron chi connectivity index (χ4n) is 1.40. The Labute approximate surface area is 82.8 Å². The quantitative estimate of drug-likeness (QED) is 0.754. The van der Waals surface area contributed by atoms with Gasteiger partial charge in [-0.05, 0) is 24.1 Å². The summed E-state index contributed by atoms with van der Waals surface area (Å²) in [5.41, 5.74) is 6.66. The van der Waals surface area contributed by atoms with Crippen LogP contribution in [0.4, 0.5) is 0 Å². The summed E-state index contributed by atoms with van der Waals surface area (Å²) >= 11 is 0. The summed E-state index contributed by atoms with van der Waals surface area (Å²) in [5, 5.41) is 8.91. The maximum absolute atomic E-state index is 10.8. The zero-order valence-electron chi connectivity index (χ0n) is 8.05. The van der Waals surface area contributed by atoms with Crippen LogP contribution in [0, 0.1) is 5.92 Å². The van der Waals surface area contributed by atoms with Gasteiger partial charge in [0.2, 0.25) is 0 Å². The van der Waals surface area contributed by atoms with E-state index < -0.39 is 17.9 Å². The molecule has 3 N–H and O–H groups in total. The monoisotopic (exact) mass is 194 g/mol. The van der Waals surface area contributed by atoms with E-state index in [0.717, 1.165) is 5.56 Å². The minimum absolute atomic E-state index is 0.458. The van der Waals surface area contributed by atoms with Gasteiger partial charge in [0.1, 0.15) is 0 Å². The van der Waals surface area contributed by atoms with Crippen molar-refractivity contribution in [3.63, 3.8) is 0 Å². The van der Waals surface area contributed by atoms with Crippen LogP contribution < -0.4 is 5.73 Å². The molecule has 0 aliphatic rings. The van der Waals surface area contributed by atoms with E-state index in [9.17, 15) is 4.79 Å². The predicted molar refractivity (Wildman–Crippen MR) is 52.6 cm³/mol. The summed E-state index contributed by atoms with van der Waals surface area (Å²) in [6, 6.07) is 3.03. The number of aliphatic carboxylic acids is 1. The molecule has 0 amide bonds. The van der Waals surface area contributed by atoms with E-state index in [0.29, 0.717) is 6.42 Å². The van der Waals surface area contributed by atoms with Crippen LogP contribution in [0.2, 0.25) is 0 Å². The van der Waals surface area contributed by atoms with Gasteiger partial charge in [-0.25, -0.2) is 0 Å². The number of rotatable bonds is 4. The van der Waals surface area contributed by atoms with E-state index in [4.69, 9.17) is 10.8 Å². The highest BCUT2D eigenvalue weighted by Crippen LogP contribution is 2.21. The molecule has 0 radical (unpaired) electrons. The first kappa shape index (κ1) is 10.7. The third-order valence-electron chi connectivity index (χ3n) is 2.28. The number of nitrogens with two attached hydrogens (primary N) is 1. The first-order chi connectivity index (χ1) is 6.66. The van der Waals surface area contributed by atoms with Crippen LogP contribution in [0.15, 0.2) is 24.5 Å². The molecular weight excluding hydrogens is 180 g/mol. The van der Waals surface area contributed by atoms with E-state index in [1.165, 1.54) is 0 Å². The van der Waals surface area contributed by atoms with Gasteiger partial charge in [-0.1, -0.05) is 6.92 Å². The number of pyridine rings is 1. The van der Waals surface area contributed by atoms with E-state index in [-0.39, 0.29) is 0 Å². The van der Waals surface area contributed by atoms with E-state index >= 15 is 0 Å². The van der Waals surface area contributed by atoms with Gasteiger partial charge in [0.15, 0.2) is 0 Å². The lowest BCUT2D eigenvalue weighted by atomic mass is 9.92. The maximum Gasteiger partial charge on any atom is 0.308 e. The number of nitrogens with zero attached hydrogens (tertiary/aromatic N) is 1. The van der Waals surface area contributed by atoms with Gasteiger partial charge in [0, 0.05) is 18.4 Å². The lowest BCUT2D eigenvalue weighted by Crippen LogP contribution is -2.27. The Hall–Kier alpha value is -1.42. The average Bonchev–Trinajstić information content (AvgIpc) is 2.19. The van der Waals surface area contributed by atoms with Gasteiger partial charge in [0.25, 0.3) is 0 Å². The highest BCUT2D eigenvalue weighted by atomic mass is 16.4. The molecule has 1 aromatic rings. The Bertz CT molecular complexity index is 300. The molecule has 0 aliphatic heterocycles. The number of carbonyl (C=O) groups is 1.